The minimum absolute atomic E-state index is 0.209. The van der Waals surface area contributed by atoms with Crippen LogP contribution in [0.5, 0.6) is 0 Å². The Morgan fingerprint density at radius 2 is 1.96 bits per heavy atom. The van der Waals surface area contributed by atoms with Crippen LogP contribution in [0.1, 0.15) is 24.3 Å². The molecule has 2 heterocycles. The number of hydrazone groups is 1. The van der Waals surface area contributed by atoms with Crippen LogP contribution in [0, 0.1) is 0 Å². The molecule has 0 N–H and O–H groups in total. The van der Waals surface area contributed by atoms with Crippen molar-refractivity contribution in [3.8, 4) is 0 Å². The maximum atomic E-state index is 12.9. The Balaban J connectivity index is 1.80. The largest absolute Gasteiger partial charge is 0.464 e. The first kappa shape index (κ1) is 16.5. The Hall–Kier alpha value is -2.93. The number of hydrogen-bond acceptors (Lipinski definition) is 5. The van der Waals surface area contributed by atoms with Crippen LogP contribution in [0.4, 0.5) is 0 Å². The predicted molar refractivity (Wildman–Crippen MR) is 99.5 cm³/mol. The number of amides is 1. The minimum Gasteiger partial charge on any atom is -0.464 e. The molecule has 4 rings (SSSR count). The first-order valence-corrected chi connectivity index (χ1v) is 8.65. The van der Waals surface area contributed by atoms with Crippen LogP contribution in [-0.4, -0.2) is 16.8 Å². The van der Waals surface area contributed by atoms with Gasteiger partial charge in [-0.25, -0.2) is 0 Å². The van der Waals surface area contributed by atoms with E-state index in [1.54, 1.807) is 18.2 Å². The Kier molecular flexibility index (Phi) is 4.08. The second kappa shape index (κ2) is 6.42. The maximum absolute atomic E-state index is 12.9. The lowest BCUT2D eigenvalue weighted by Gasteiger charge is -2.18. The van der Waals surface area contributed by atoms with E-state index in [9.17, 15) is 9.59 Å². The summed E-state index contributed by atoms with van der Waals surface area (Å²) < 4.78 is 12.2. The quantitative estimate of drug-likeness (QED) is 0.641. The zero-order valence-electron chi connectivity index (χ0n) is 13.7. The number of carbonyl (C=O) groups excluding carboxylic acids is 1. The van der Waals surface area contributed by atoms with Gasteiger partial charge in [0, 0.05) is 17.0 Å². The van der Waals surface area contributed by atoms with Crippen molar-refractivity contribution in [1.29, 1.82) is 0 Å². The van der Waals surface area contributed by atoms with Crippen LogP contribution in [0.2, 0.25) is 0 Å². The first-order valence-electron chi connectivity index (χ1n) is 7.86. The van der Waals surface area contributed by atoms with Crippen LogP contribution in [0.15, 0.2) is 73.6 Å². The highest BCUT2D eigenvalue weighted by atomic mass is 79.9. The molecule has 0 fully saturated rings. The van der Waals surface area contributed by atoms with Gasteiger partial charge in [0.25, 0.3) is 0 Å². The molecule has 0 saturated carbocycles. The number of benzene rings is 2. The molecule has 3 aromatic rings. The van der Waals surface area contributed by atoms with Crippen LogP contribution >= 0.6 is 15.9 Å². The van der Waals surface area contributed by atoms with Crippen molar-refractivity contribution in [2.75, 3.05) is 0 Å². The normalized spacial score (nSPS) is 16.5. The van der Waals surface area contributed by atoms with E-state index >= 15 is 0 Å². The average Bonchev–Trinajstić information content (AvgIpc) is 3.09. The zero-order valence-corrected chi connectivity index (χ0v) is 15.3. The number of hydrogen-bond donors (Lipinski definition) is 0. The molecule has 1 aliphatic heterocycles. The first-order chi connectivity index (χ1) is 12.5. The molecule has 0 spiro atoms. The molecule has 1 amide bonds. The number of halogens is 1. The van der Waals surface area contributed by atoms with Crippen molar-refractivity contribution in [1.82, 2.24) is 5.01 Å². The van der Waals surface area contributed by atoms with E-state index in [4.69, 9.17) is 9.15 Å². The maximum Gasteiger partial charge on any atom is 0.243 e. The second-order valence-corrected chi connectivity index (χ2v) is 6.68. The highest BCUT2D eigenvalue weighted by molar-refractivity contribution is 9.10. The summed E-state index contributed by atoms with van der Waals surface area (Å²) in [6.45, 7) is 1.37. The molecule has 0 radical (unpaired) electrons. The molecule has 1 unspecified atom stereocenters. The Bertz CT molecular complexity index is 1090. The molecule has 1 aromatic heterocycles. The van der Waals surface area contributed by atoms with Gasteiger partial charge < -0.3 is 9.15 Å². The predicted octanol–water partition coefficient (Wildman–Crippen LogP) is 3.79. The summed E-state index contributed by atoms with van der Waals surface area (Å²) in [5.41, 5.74) is 1.11. The van der Waals surface area contributed by atoms with E-state index in [1.165, 1.54) is 13.2 Å². The minimum atomic E-state index is -0.970. The number of rotatable bonds is 2. The van der Waals surface area contributed by atoms with Crippen LogP contribution in [0.3, 0.4) is 0 Å². The highest BCUT2D eigenvalue weighted by Crippen LogP contribution is 2.30. The van der Waals surface area contributed by atoms with Crippen LogP contribution < -0.4 is 5.43 Å². The average molecular weight is 413 g/mol. The summed E-state index contributed by atoms with van der Waals surface area (Å²) in [6, 6.07) is 14.4. The third-order valence-electron chi connectivity index (χ3n) is 4.01. The second-order valence-electron chi connectivity index (χ2n) is 5.77. The van der Waals surface area contributed by atoms with E-state index in [2.05, 4.69) is 21.0 Å². The van der Waals surface area contributed by atoms with Gasteiger partial charge in [-0.3, -0.25) is 9.59 Å². The topological polar surface area (TPSA) is 72.1 Å². The fourth-order valence-corrected chi connectivity index (χ4v) is 3.12. The number of ether oxygens (including phenoxy) is 1. The molecule has 0 bridgehead atoms. The van der Waals surface area contributed by atoms with E-state index in [1.807, 2.05) is 30.3 Å². The van der Waals surface area contributed by atoms with E-state index in [-0.39, 0.29) is 22.8 Å². The van der Waals surface area contributed by atoms with E-state index in [0.29, 0.717) is 16.5 Å². The summed E-state index contributed by atoms with van der Waals surface area (Å²) in [4.78, 5) is 25.0. The smallest absolute Gasteiger partial charge is 0.243 e. The van der Waals surface area contributed by atoms with Gasteiger partial charge in [0.2, 0.25) is 23.5 Å². The van der Waals surface area contributed by atoms with Gasteiger partial charge in [-0.2, -0.15) is 5.01 Å². The molecule has 0 saturated heterocycles. The number of nitrogens with zero attached hydrogens (tertiary/aromatic N) is 2. The van der Waals surface area contributed by atoms with E-state index in [0.717, 1.165) is 9.48 Å². The fraction of sp³-hybridized carbons (Fsp3) is 0.105. The summed E-state index contributed by atoms with van der Waals surface area (Å²) in [5.74, 6) is -0.0609. The lowest BCUT2D eigenvalue weighted by atomic mass is 10.1. The zero-order chi connectivity index (χ0) is 18.3. The number of fused-ring (bicyclic) bond motifs is 1. The summed E-state index contributed by atoms with van der Waals surface area (Å²) in [6.07, 6.45) is 0.352. The van der Waals surface area contributed by atoms with Crippen molar-refractivity contribution in [3.05, 3.63) is 80.6 Å². The molecular weight excluding hydrogens is 400 g/mol. The third kappa shape index (κ3) is 2.80. The van der Waals surface area contributed by atoms with Gasteiger partial charge in [-0.15, -0.1) is 5.10 Å². The van der Waals surface area contributed by atoms with Gasteiger partial charge in [-0.05, 0) is 30.3 Å². The molecule has 0 aliphatic carbocycles. The molecule has 7 heteroatoms. The Morgan fingerprint density at radius 1 is 1.19 bits per heavy atom. The molecule has 130 valence electrons. The van der Waals surface area contributed by atoms with Crippen molar-refractivity contribution in [2.45, 2.75) is 13.2 Å². The monoisotopic (exact) mass is 412 g/mol. The third-order valence-corrected chi connectivity index (χ3v) is 4.51. The molecule has 26 heavy (non-hydrogen) atoms. The lowest BCUT2D eigenvalue weighted by molar-refractivity contribution is -0.135. The van der Waals surface area contributed by atoms with Crippen molar-refractivity contribution < 1.29 is 13.9 Å². The van der Waals surface area contributed by atoms with Crippen LogP contribution in [0.25, 0.3) is 11.0 Å². The fourth-order valence-electron chi connectivity index (χ4n) is 2.76. The summed E-state index contributed by atoms with van der Waals surface area (Å²) in [7, 11) is 0. The van der Waals surface area contributed by atoms with Crippen LogP contribution in [-0.2, 0) is 9.53 Å². The van der Waals surface area contributed by atoms with Gasteiger partial charge in [0.05, 0.1) is 10.9 Å². The molecule has 1 aliphatic rings. The summed E-state index contributed by atoms with van der Waals surface area (Å²) in [5, 5.41) is 5.79. The van der Waals surface area contributed by atoms with Gasteiger partial charge in [0.1, 0.15) is 11.8 Å². The molecule has 2 aromatic carbocycles. The van der Waals surface area contributed by atoms with Gasteiger partial charge >= 0.3 is 0 Å². The van der Waals surface area contributed by atoms with Crippen molar-refractivity contribution >= 4 is 38.7 Å². The molecule has 6 nitrogen and oxygen atoms in total. The van der Waals surface area contributed by atoms with Crippen molar-refractivity contribution in [2.24, 2.45) is 5.10 Å². The van der Waals surface area contributed by atoms with Crippen molar-refractivity contribution in [3.63, 3.8) is 0 Å². The highest BCUT2D eigenvalue weighted by Gasteiger charge is 2.35. The molecular formula is C19H13BrN2O4. The Labute approximate surface area is 156 Å². The summed E-state index contributed by atoms with van der Waals surface area (Å²) >= 11 is 3.35. The Morgan fingerprint density at radius 3 is 2.69 bits per heavy atom. The van der Waals surface area contributed by atoms with Gasteiger partial charge in [-0.1, -0.05) is 34.1 Å². The van der Waals surface area contributed by atoms with Gasteiger partial charge in [0.15, 0.2) is 0 Å². The lowest BCUT2D eigenvalue weighted by Crippen LogP contribution is -2.29. The molecule has 1 atom stereocenters. The SMILES string of the molecule is CC(=O)N1N=C(c2ccccc2)OC1c1coc2ccc(Br)cc2c1=O. The van der Waals surface area contributed by atoms with E-state index < -0.39 is 6.23 Å². The standard InChI is InChI=1S/C19H13BrN2O4/c1-11(23)22-19(26-18(21-22)12-5-3-2-4-6-12)15-10-25-16-8-7-13(20)9-14(16)17(15)24/h2-10,19H,1H3. The number of carbonyl (C=O) groups is 1.